The van der Waals surface area contributed by atoms with Crippen molar-refractivity contribution in [3.63, 3.8) is 0 Å². The van der Waals surface area contributed by atoms with Crippen molar-refractivity contribution in [2.45, 2.75) is 18.7 Å². The third kappa shape index (κ3) is 3.24. The van der Waals surface area contributed by atoms with Crippen LogP contribution in [-0.2, 0) is 16.1 Å². The number of likely N-dealkylation sites (tertiary alicyclic amines) is 1. The summed E-state index contributed by atoms with van der Waals surface area (Å²) < 4.78 is 5.72. The Morgan fingerprint density at radius 2 is 1.57 bits per heavy atom. The van der Waals surface area contributed by atoms with Crippen LogP contribution >= 0.6 is 12.6 Å². The molecule has 1 aliphatic rings. The molecule has 0 spiro atoms. The summed E-state index contributed by atoms with van der Waals surface area (Å²) in [5.41, 5.74) is 0.877. The van der Waals surface area contributed by atoms with Crippen LogP contribution in [0.1, 0.15) is 12.5 Å². The average molecular weight is 327 g/mol. The number of amides is 2. The Morgan fingerprint density at radius 1 is 0.957 bits per heavy atom. The second kappa shape index (κ2) is 6.46. The molecule has 118 valence electrons. The summed E-state index contributed by atoms with van der Waals surface area (Å²) in [4.78, 5) is 25.4. The van der Waals surface area contributed by atoms with Crippen molar-refractivity contribution < 1.29 is 14.3 Å². The van der Waals surface area contributed by atoms with Crippen LogP contribution in [0, 0.1) is 5.92 Å². The van der Waals surface area contributed by atoms with Crippen molar-refractivity contribution in [1.82, 2.24) is 4.90 Å². The Hall–Kier alpha value is -2.27. The van der Waals surface area contributed by atoms with E-state index < -0.39 is 5.25 Å². The molecule has 5 heteroatoms. The molecule has 0 aliphatic carbocycles. The van der Waals surface area contributed by atoms with Crippen molar-refractivity contribution in [3.8, 4) is 11.5 Å². The predicted molar refractivity (Wildman–Crippen MR) is 90.5 cm³/mol. The number of hydrogen-bond acceptors (Lipinski definition) is 4. The maximum absolute atomic E-state index is 12.1. The van der Waals surface area contributed by atoms with Crippen molar-refractivity contribution in [2.75, 3.05) is 0 Å². The minimum atomic E-state index is -0.539. The van der Waals surface area contributed by atoms with Gasteiger partial charge in [-0.25, -0.2) is 0 Å². The van der Waals surface area contributed by atoms with Gasteiger partial charge < -0.3 is 4.74 Å². The normalized spacial score (nSPS) is 20.9. The number of carbonyl (C=O) groups excluding carboxylic acids is 2. The lowest BCUT2D eigenvalue weighted by atomic mass is 10.1. The fourth-order valence-corrected chi connectivity index (χ4v) is 2.76. The zero-order valence-electron chi connectivity index (χ0n) is 12.7. The molecule has 2 aromatic carbocycles. The molecule has 0 radical (unpaired) electrons. The number of rotatable bonds is 4. The molecule has 0 saturated carbocycles. The summed E-state index contributed by atoms with van der Waals surface area (Å²) in [6, 6.07) is 16.9. The summed E-state index contributed by atoms with van der Waals surface area (Å²) in [6.45, 7) is 2.00. The van der Waals surface area contributed by atoms with E-state index in [-0.39, 0.29) is 24.3 Å². The number of carbonyl (C=O) groups is 2. The van der Waals surface area contributed by atoms with Gasteiger partial charge in [0.2, 0.25) is 11.8 Å². The summed E-state index contributed by atoms with van der Waals surface area (Å²) >= 11 is 4.21. The summed E-state index contributed by atoms with van der Waals surface area (Å²) in [7, 11) is 0. The molecule has 2 amide bonds. The molecule has 0 aromatic heterocycles. The fourth-order valence-electron chi connectivity index (χ4n) is 2.49. The van der Waals surface area contributed by atoms with Crippen LogP contribution < -0.4 is 4.74 Å². The van der Waals surface area contributed by atoms with Crippen LogP contribution in [0.5, 0.6) is 11.5 Å². The lowest BCUT2D eigenvalue weighted by Gasteiger charge is -2.14. The second-order valence-corrected chi connectivity index (χ2v) is 6.11. The Kier molecular flexibility index (Phi) is 4.39. The van der Waals surface area contributed by atoms with Gasteiger partial charge in [-0.3, -0.25) is 14.5 Å². The van der Waals surface area contributed by atoms with Gasteiger partial charge in [-0.1, -0.05) is 37.3 Å². The monoisotopic (exact) mass is 327 g/mol. The first kappa shape index (κ1) is 15.6. The molecular formula is C18H17NO3S. The van der Waals surface area contributed by atoms with E-state index in [4.69, 9.17) is 4.74 Å². The van der Waals surface area contributed by atoms with Crippen molar-refractivity contribution in [1.29, 1.82) is 0 Å². The van der Waals surface area contributed by atoms with Gasteiger partial charge in [0.1, 0.15) is 11.5 Å². The first-order valence-electron chi connectivity index (χ1n) is 7.41. The molecule has 1 saturated heterocycles. The highest BCUT2D eigenvalue weighted by molar-refractivity contribution is 7.81. The molecule has 4 nitrogen and oxygen atoms in total. The SMILES string of the molecule is CC1C(=O)N(Cc2ccc(Oc3ccccc3)cc2)C(=O)C1S. The molecule has 2 atom stereocenters. The molecule has 1 aliphatic heterocycles. The Balaban J connectivity index is 1.68. The number of para-hydroxylation sites is 1. The van der Waals surface area contributed by atoms with E-state index in [1.54, 1.807) is 6.92 Å². The van der Waals surface area contributed by atoms with Crippen LogP contribution in [0.15, 0.2) is 54.6 Å². The van der Waals surface area contributed by atoms with Crippen LogP contribution in [0.25, 0.3) is 0 Å². The predicted octanol–water partition coefficient (Wildman–Crippen LogP) is 3.28. The molecule has 3 rings (SSSR count). The third-order valence-corrected chi connectivity index (χ3v) is 4.56. The van der Waals surface area contributed by atoms with Gasteiger partial charge in [-0.2, -0.15) is 12.6 Å². The van der Waals surface area contributed by atoms with Crippen molar-refractivity contribution in [3.05, 3.63) is 60.2 Å². The average Bonchev–Trinajstić information content (AvgIpc) is 2.75. The summed E-state index contributed by atoms with van der Waals surface area (Å²) in [5.74, 6) is 0.706. The molecule has 1 heterocycles. The molecule has 23 heavy (non-hydrogen) atoms. The smallest absolute Gasteiger partial charge is 0.243 e. The van der Waals surface area contributed by atoms with Gasteiger partial charge in [0.15, 0.2) is 0 Å². The molecular weight excluding hydrogens is 310 g/mol. The summed E-state index contributed by atoms with van der Waals surface area (Å²) in [5, 5.41) is -0.539. The van der Waals surface area contributed by atoms with Crippen molar-refractivity contribution in [2.24, 2.45) is 5.92 Å². The van der Waals surface area contributed by atoms with E-state index in [0.29, 0.717) is 5.75 Å². The van der Waals surface area contributed by atoms with E-state index in [2.05, 4.69) is 12.6 Å². The molecule has 1 fully saturated rings. The zero-order valence-corrected chi connectivity index (χ0v) is 13.6. The second-order valence-electron chi connectivity index (χ2n) is 5.56. The van der Waals surface area contributed by atoms with E-state index in [1.165, 1.54) is 4.90 Å². The number of benzene rings is 2. The van der Waals surface area contributed by atoms with E-state index in [9.17, 15) is 9.59 Å². The standard InChI is InChI=1S/C18H17NO3S/c1-12-16(23)18(21)19(17(12)20)11-13-7-9-15(10-8-13)22-14-5-3-2-4-6-14/h2-10,12,16,23H,11H2,1H3. The minimum absolute atomic E-state index is 0.167. The van der Waals surface area contributed by atoms with Gasteiger partial charge in [0.25, 0.3) is 0 Å². The van der Waals surface area contributed by atoms with Gasteiger partial charge in [-0.05, 0) is 29.8 Å². The topological polar surface area (TPSA) is 46.6 Å². The number of ether oxygens (including phenoxy) is 1. The lowest BCUT2D eigenvalue weighted by Crippen LogP contribution is -2.30. The van der Waals surface area contributed by atoms with Gasteiger partial charge in [0.05, 0.1) is 17.7 Å². The fraction of sp³-hybridized carbons (Fsp3) is 0.222. The van der Waals surface area contributed by atoms with Crippen molar-refractivity contribution >= 4 is 24.4 Å². The van der Waals surface area contributed by atoms with E-state index in [1.807, 2.05) is 54.6 Å². The van der Waals surface area contributed by atoms with Gasteiger partial charge >= 0.3 is 0 Å². The quantitative estimate of drug-likeness (QED) is 0.692. The highest BCUT2D eigenvalue weighted by Crippen LogP contribution is 2.27. The van der Waals surface area contributed by atoms with Gasteiger partial charge in [0, 0.05) is 0 Å². The number of hydrogen-bond donors (Lipinski definition) is 1. The largest absolute Gasteiger partial charge is 0.457 e. The molecule has 2 unspecified atom stereocenters. The highest BCUT2D eigenvalue weighted by Gasteiger charge is 2.42. The first-order chi connectivity index (χ1) is 11.1. The Morgan fingerprint density at radius 3 is 2.13 bits per heavy atom. The van der Waals surface area contributed by atoms with Crippen LogP contribution in [0.3, 0.4) is 0 Å². The lowest BCUT2D eigenvalue weighted by molar-refractivity contribution is -0.139. The van der Waals surface area contributed by atoms with E-state index >= 15 is 0 Å². The van der Waals surface area contributed by atoms with Crippen LogP contribution in [0.2, 0.25) is 0 Å². The van der Waals surface area contributed by atoms with Gasteiger partial charge in [-0.15, -0.1) is 0 Å². The summed E-state index contributed by atoms with van der Waals surface area (Å²) in [6.07, 6.45) is 0. The first-order valence-corrected chi connectivity index (χ1v) is 7.93. The number of imide groups is 1. The maximum Gasteiger partial charge on any atom is 0.243 e. The zero-order chi connectivity index (χ0) is 16.4. The number of thiol groups is 1. The maximum atomic E-state index is 12.1. The highest BCUT2D eigenvalue weighted by atomic mass is 32.1. The van der Waals surface area contributed by atoms with Crippen LogP contribution in [0.4, 0.5) is 0 Å². The molecule has 2 aromatic rings. The Labute approximate surface area is 140 Å². The number of nitrogens with zero attached hydrogens (tertiary/aromatic N) is 1. The Bertz CT molecular complexity index is 695. The third-order valence-electron chi connectivity index (χ3n) is 3.89. The molecule has 0 N–H and O–H groups in total. The van der Waals surface area contributed by atoms with Crippen LogP contribution in [-0.4, -0.2) is 22.0 Å². The minimum Gasteiger partial charge on any atom is -0.457 e. The van der Waals surface area contributed by atoms with E-state index in [0.717, 1.165) is 11.3 Å². The molecule has 0 bridgehead atoms.